The molecular formula is C13H9F3N2O2. The molecule has 0 aliphatic rings. The first-order valence-electron chi connectivity index (χ1n) is 5.50. The smallest absolute Gasteiger partial charge is 0.417 e. The summed E-state index contributed by atoms with van der Waals surface area (Å²) in [5, 5.41) is 0. The van der Waals surface area contributed by atoms with Gasteiger partial charge in [-0.1, -0.05) is 0 Å². The van der Waals surface area contributed by atoms with Crippen LogP contribution in [-0.2, 0) is 10.9 Å². The second-order valence-electron chi connectivity index (χ2n) is 3.82. The second kappa shape index (κ2) is 5.28. The summed E-state index contributed by atoms with van der Waals surface area (Å²) in [6.45, 7) is 0. The fourth-order valence-electron chi connectivity index (χ4n) is 1.59. The Bertz CT molecular complexity index is 624. The van der Waals surface area contributed by atoms with Gasteiger partial charge in [-0.2, -0.15) is 13.2 Å². The predicted molar refractivity (Wildman–Crippen MR) is 63.8 cm³/mol. The van der Waals surface area contributed by atoms with Crippen LogP contribution in [-0.4, -0.2) is 23.0 Å². The molecule has 2 rings (SSSR count). The van der Waals surface area contributed by atoms with E-state index < -0.39 is 17.7 Å². The van der Waals surface area contributed by atoms with Gasteiger partial charge in [-0.3, -0.25) is 9.97 Å². The molecule has 104 valence electrons. The van der Waals surface area contributed by atoms with Crippen LogP contribution in [0, 0.1) is 0 Å². The molecule has 0 unspecified atom stereocenters. The molecule has 4 nitrogen and oxygen atoms in total. The largest absolute Gasteiger partial charge is 0.465 e. The second-order valence-corrected chi connectivity index (χ2v) is 3.82. The molecule has 0 N–H and O–H groups in total. The highest BCUT2D eigenvalue weighted by Gasteiger charge is 2.30. The number of esters is 1. The topological polar surface area (TPSA) is 52.1 Å². The quantitative estimate of drug-likeness (QED) is 0.795. The summed E-state index contributed by atoms with van der Waals surface area (Å²) in [6, 6.07) is 5.04. The van der Waals surface area contributed by atoms with Gasteiger partial charge in [-0.05, 0) is 24.3 Å². The van der Waals surface area contributed by atoms with E-state index in [1.807, 2.05) is 0 Å². The monoisotopic (exact) mass is 282 g/mol. The maximum absolute atomic E-state index is 12.5. The van der Waals surface area contributed by atoms with Gasteiger partial charge in [0.1, 0.15) is 5.69 Å². The number of carbonyl (C=O) groups excluding carboxylic acids is 1. The van der Waals surface area contributed by atoms with Gasteiger partial charge in [-0.25, -0.2) is 4.79 Å². The Kier molecular flexibility index (Phi) is 3.69. The number of rotatable bonds is 2. The number of aromatic nitrogens is 2. The van der Waals surface area contributed by atoms with Gasteiger partial charge in [0.2, 0.25) is 0 Å². The van der Waals surface area contributed by atoms with Crippen LogP contribution in [0.4, 0.5) is 13.2 Å². The third-order valence-corrected chi connectivity index (χ3v) is 2.55. The lowest BCUT2D eigenvalue weighted by Crippen LogP contribution is -2.07. The number of halogens is 3. The van der Waals surface area contributed by atoms with E-state index in [1.165, 1.54) is 25.4 Å². The molecule has 0 aromatic carbocycles. The number of methoxy groups -OCH3 is 1. The molecule has 0 bridgehead atoms. The Hall–Kier alpha value is -2.44. The number of pyridine rings is 2. The van der Waals surface area contributed by atoms with Gasteiger partial charge in [0.05, 0.1) is 23.9 Å². The van der Waals surface area contributed by atoms with Crippen molar-refractivity contribution in [1.29, 1.82) is 0 Å². The normalized spacial score (nSPS) is 11.2. The molecule has 0 atom stereocenters. The van der Waals surface area contributed by atoms with Gasteiger partial charge in [0.25, 0.3) is 0 Å². The van der Waals surface area contributed by atoms with Crippen molar-refractivity contribution in [3.63, 3.8) is 0 Å². The molecule has 0 aliphatic carbocycles. The minimum atomic E-state index is -4.46. The summed E-state index contributed by atoms with van der Waals surface area (Å²) in [7, 11) is 1.21. The standard InChI is InChI=1S/C13H9F3N2O2/c1-20-12(19)9-3-2-6-17-11(9)10-5-4-8(7-18-10)13(14,15)16/h2-7H,1H3. The van der Waals surface area contributed by atoms with E-state index >= 15 is 0 Å². The fraction of sp³-hybridized carbons (Fsp3) is 0.154. The zero-order valence-corrected chi connectivity index (χ0v) is 10.3. The number of carbonyl (C=O) groups is 1. The van der Waals surface area contributed by atoms with Crippen LogP contribution >= 0.6 is 0 Å². The summed E-state index contributed by atoms with van der Waals surface area (Å²) in [5.41, 5.74) is -0.383. The summed E-state index contributed by atoms with van der Waals surface area (Å²) >= 11 is 0. The summed E-state index contributed by atoms with van der Waals surface area (Å²) < 4.78 is 42.0. The molecule has 2 aromatic rings. The first-order chi connectivity index (χ1) is 9.43. The molecule has 0 saturated heterocycles. The Balaban J connectivity index is 2.45. The van der Waals surface area contributed by atoms with Gasteiger partial charge < -0.3 is 4.74 Å². The van der Waals surface area contributed by atoms with Crippen LogP contribution in [0.2, 0.25) is 0 Å². The number of nitrogens with zero attached hydrogens (tertiary/aromatic N) is 2. The highest BCUT2D eigenvalue weighted by atomic mass is 19.4. The van der Waals surface area contributed by atoms with Crippen LogP contribution in [0.5, 0.6) is 0 Å². The number of ether oxygens (including phenoxy) is 1. The van der Waals surface area contributed by atoms with E-state index in [0.717, 1.165) is 12.1 Å². The lowest BCUT2D eigenvalue weighted by Gasteiger charge is -2.08. The van der Waals surface area contributed by atoms with Gasteiger partial charge >= 0.3 is 12.1 Å². The molecule has 2 aromatic heterocycles. The lowest BCUT2D eigenvalue weighted by molar-refractivity contribution is -0.137. The summed E-state index contributed by atoms with van der Waals surface area (Å²) in [4.78, 5) is 19.2. The minimum Gasteiger partial charge on any atom is -0.465 e. The third-order valence-electron chi connectivity index (χ3n) is 2.55. The summed E-state index contributed by atoms with van der Waals surface area (Å²) in [5.74, 6) is -0.630. The Morgan fingerprint density at radius 2 is 1.95 bits per heavy atom. The van der Waals surface area contributed by atoms with Crippen molar-refractivity contribution in [2.75, 3.05) is 7.11 Å². The SMILES string of the molecule is COC(=O)c1cccnc1-c1ccc(C(F)(F)F)cn1. The number of hydrogen-bond donors (Lipinski definition) is 0. The highest BCUT2D eigenvalue weighted by molar-refractivity contribution is 5.95. The Labute approximate surface area is 112 Å². The molecular weight excluding hydrogens is 273 g/mol. The van der Waals surface area contributed by atoms with Crippen LogP contribution in [0.3, 0.4) is 0 Å². The Morgan fingerprint density at radius 1 is 1.20 bits per heavy atom. The molecule has 0 aliphatic heterocycles. The average molecular weight is 282 g/mol. The van der Waals surface area contributed by atoms with Crippen molar-refractivity contribution >= 4 is 5.97 Å². The van der Waals surface area contributed by atoms with Crippen molar-refractivity contribution in [2.45, 2.75) is 6.18 Å². The first-order valence-corrected chi connectivity index (χ1v) is 5.50. The average Bonchev–Trinajstić information content (AvgIpc) is 2.45. The van der Waals surface area contributed by atoms with Crippen molar-refractivity contribution in [3.05, 3.63) is 47.8 Å². The maximum atomic E-state index is 12.5. The number of hydrogen-bond acceptors (Lipinski definition) is 4. The first kappa shape index (κ1) is 14.0. The van der Waals surface area contributed by atoms with Crippen LogP contribution in [0.15, 0.2) is 36.7 Å². The van der Waals surface area contributed by atoms with E-state index in [0.29, 0.717) is 6.20 Å². The zero-order chi connectivity index (χ0) is 14.8. The van der Waals surface area contributed by atoms with Crippen molar-refractivity contribution in [3.8, 4) is 11.4 Å². The molecule has 0 saturated carbocycles. The fourth-order valence-corrected chi connectivity index (χ4v) is 1.59. The molecule has 20 heavy (non-hydrogen) atoms. The van der Waals surface area contributed by atoms with Gasteiger partial charge in [0.15, 0.2) is 0 Å². The molecule has 0 spiro atoms. The van der Waals surface area contributed by atoms with Crippen molar-refractivity contribution in [2.24, 2.45) is 0 Å². The maximum Gasteiger partial charge on any atom is 0.417 e. The predicted octanol–water partition coefficient (Wildman–Crippen LogP) is 2.95. The van der Waals surface area contributed by atoms with E-state index in [2.05, 4.69) is 14.7 Å². The Morgan fingerprint density at radius 3 is 2.50 bits per heavy atom. The molecule has 7 heteroatoms. The van der Waals surface area contributed by atoms with Crippen molar-refractivity contribution in [1.82, 2.24) is 9.97 Å². The molecule has 0 radical (unpaired) electrons. The zero-order valence-electron chi connectivity index (χ0n) is 10.3. The van der Waals surface area contributed by atoms with E-state index in [1.54, 1.807) is 0 Å². The van der Waals surface area contributed by atoms with E-state index in [9.17, 15) is 18.0 Å². The number of alkyl halides is 3. The van der Waals surface area contributed by atoms with E-state index in [4.69, 9.17) is 0 Å². The van der Waals surface area contributed by atoms with Gasteiger partial charge in [-0.15, -0.1) is 0 Å². The molecule has 2 heterocycles. The minimum absolute atomic E-state index is 0.141. The summed E-state index contributed by atoms with van der Waals surface area (Å²) in [6.07, 6.45) is -2.34. The third kappa shape index (κ3) is 2.76. The van der Waals surface area contributed by atoms with E-state index in [-0.39, 0.29) is 17.0 Å². The van der Waals surface area contributed by atoms with Crippen LogP contribution in [0.1, 0.15) is 15.9 Å². The molecule has 0 fully saturated rings. The molecule has 0 amide bonds. The van der Waals surface area contributed by atoms with Crippen molar-refractivity contribution < 1.29 is 22.7 Å². The highest BCUT2D eigenvalue weighted by Crippen LogP contribution is 2.30. The lowest BCUT2D eigenvalue weighted by atomic mass is 10.1. The van der Waals surface area contributed by atoms with Gasteiger partial charge in [0, 0.05) is 12.4 Å². The van der Waals surface area contributed by atoms with Crippen LogP contribution in [0.25, 0.3) is 11.4 Å². The van der Waals surface area contributed by atoms with Crippen LogP contribution < -0.4 is 0 Å².